The third-order valence-corrected chi connectivity index (χ3v) is 5.72. The molecule has 2 aromatic carbocycles. The second-order valence-electron chi connectivity index (χ2n) is 7.72. The molecule has 2 atom stereocenters. The van der Waals surface area contributed by atoms with Gasteiger partial charge in [-0.1, -0.05) is 36.4 Å². The van der Waals surface area contributed by atoms with Gasteiger partial charge < -0.3 is 14.8 Å². The first-order valence-corrected chi connectivity index (χ1v) is 10.4. The predicted octanol–water partition coefficient (Wildman–Crippen LogP) is 3.50. The lowest BCUT2D eigenvalue weighted by Gasteiger charge is -2.21. The number of ether oxygens (including phenoxy) is 2. The van der Waals surface area contributed by atoms with E-state index in [4.69, 9.17) is 9.47 Å². The summed E-state index contributed by atoms with van der Waals surface area (Å²) in [6, 6.07) is 19.9. The number of amides is 1. The fourth-order valence-corrected chi connectivity index (χ4v) is 4.17. The fourth-order valence-electron chi connectivity index (χ4n) is 4.17. The Morgan fingerprint density at radius 2 is 1.84 bits per heavy atom. The second-order valence-corrected chi connectivity index (χ2v) is 7.72. The monoisotopic (exact) mass is 417 g/mol. The number of aromatic nitrogens is 1. The number of nitrogens with zero attached hydrogens (tertiary/aromatic N) is 2. The number of likely N-dealkylation sites (tertiary alicyclic amines) is 1. The van der Waals surface area contributed by atoms with E-state index in [0.717, 1.165) is 25.2 Å². The molecular formula is C25H27N3O3. The quantitative estimate of drug-likeness (QED) is 0.638. The largest absolute Gasteiger partial charge is 0.493 e. The molecule has 1 aliphatic heterocycles. The highest BCUT2D eigenvalue weighted by molar-refractivity contribution is 5.94. The minimum atomic E-state index is -0.106. The van der Waals surface area contributed by atoms with Crippen LogP contribution in [-0.2, 0) is 6.54 Å². The van der Waals surface area contributed by atoms with Crippen LogP contribution in [0.25, 0.3) is 0 Å². The van der Waals surface area contributed by atoms with Gasteiger partial charge in [-0.25, -0.2) is 0 Å². The van der Waals surface area contributed by atoms with Crippen LogP contribution in [0.5, 0.6) is 11.5 Å². The van der Waals surface area contributed by atoms with Crippen LogP contribution in [0.1, 0.15) is 27.4 Å². The van der Waals surface area contributed by atoms with Crippen molar-refractivity contribution < 1.29 is 14.3 Å². The maximum absolute atomic E-state index is 12.9. The summed E-state index contributed by atoms with van der Waals surface area (Å²) in [5.41, 5.74) is 2.94. The van der Waals surface area contributed by atoms with Crippen LogP contribution in [0.4, 0.5) is 0 Å². The molecule has 6 heteroatoms. The number of pyridine rings is 1. The van der Waals surface area contributed by atoms with Crippen molar-refractivity contribution in [2.24, 2.45) is 0 Å². The highest BCUT2D eigenvalue weighted by Gasteiger charge is 2.35. The molecule has 0 radical (unpaired) electrons. The molecule has 0 unspecified atom stereocenters. The molecule has 0 spiro atoms. The van der Waals surface area contributed by atoms with Crippen LogP contribution in [0.15, 0.2) is 73.1 Å². The van der Waals surface area contributed by atoms with E-state index in [1.165, 1.54) is 5.56 Å². The topological polar surface area (TPSA) is 63.7 Å². The Balaban J connectivity index is 1.58. The Morgan fingerprint density at radius 3 is 2.55 bits per heavy atom. The minimum Gasteiger partial charge on any atom is -0.493 e. The second kappa shape index (κ2) is 9.62. The Bertz CT molecular complexity index is 1010. The molecule has 1 amide bonds. The average molecular weight is 418 g/mol. The molecular weight excluding hydrogens is 390 g/mol. The molecule has 31 heavy (non-hydrogen) atoms. The van der Waals surface area contributed by atoms with Crippen LogP contribution < -0.4 is 14.8 Å². The van der Waals surface area contributed by atoms with Gasteiger partial charge in [0.25, 0.3) is 5.91 Å². The van der Waals surface area contributed by atoms with E-state index >= 15 is 0 Å². The van der Waals surface area contributed by atoms with Crippen molar-refractivity contribution in [1.82, 2.24) is 15.2 Å². The van der Waals surface area contributed by atoms with Gasteiger partial charge >= 0.3 is 0 Å². The lowest BCUT2D eigenvalue weighted by molar-refractivity contribution is 0.0934. The summed E-state index contributed by atoms with van der Waals surface area (Å²) < 4.78 is 10.9. The molecule has 0 bridgehead atoms. The minimum absolute atomic E-state index is 0.0329. The number of nitrogens with one attached hydrogen (secondary N) is 1. The predicted molar refractivity (Wildman–Crippen MR) is 119 cm³/mol. The third kappa shape index (κ3) is 4.86. The zero-order chi connectivity index (χ0) is 21.6. The number of benzene rings is 2. The highest BCUT2D eigenvalue weighted by atomic mass is 16.5. The normalized spacial score (nSPS) is 18.5. The van der Waals surface area contributed by atoms with E-state index in [0.29, 0.717) is 17.1 Å². The van der Waals surface area contributed by atoms with Crippen LogP contribution >= 0.6 is 0 Å². The molecule has 4 rings (SSSR count). The van der Waals surface area contributed by atoms with E-state index < -0.39 is 0 Å². The first-order valence-electron chi connectivity index (χ1n) is 10.4. The summed E-state index contributed by atoms with van der Waals surface area (Å²) in [4.78, 5) is 19.3. The van der Waals surface area contributed by atoms with Crippen LogP contribution in [0.3, 0.4) is 0 Å². The Morgan fingerprint density at radius 1 is 1.03 bits per heavy atom. The van der Waals surface area contributed by atoms with Gasteiger partial charge in [0.2, 0.25) is 0 Å². The third-order valence-electron chi connectivity index (χ3n) is 5.72. The summed E-state index contributed by atoms with van der Waals surface area (Å²) in [6.45, 7) is 2.44. The molecule has 1 saturated heterocycles. The van der Waals surface area contributed by atoms with Gasteiger partial charge in [0, 0.05) is 44.0 Å². The molecule has 1 aromatic heterocycles. The van der Waals surface area contributed by atoms with E-state index in [1.54, 1.807) is 38.7 Å². The van der Waals surface area contributed by atoms with Gasteiger partial charge in [-0.2, -0.15) is 0 Å². The van der Waals surface area contributed by atoms with Crippen molar-refractivity contribution in [2.45, 2.75) is 18.5 Å². The van der Waals surface area contributed by atoms with Crippen molar-refractivity contribution >= 4 is 5.91 Å². The molecule has 160 valence electrons. The van der Waals surface area contributed by atoms with Crippen LogP contribution in [0, 0.1) is 0 Å². The molecule has 1 fully saturated rings. The van der Waals surface area contributed by atoms with Crippen LogP contribution in [-0.4, -0.2) is 49.1 Å². The number of methoxy groups -OCH3 is 2. The number of carbonyl (C=O) groups excluding carboxylic acids is 1. The van der Waals surface area contributed by atoms with Gasteiger partial charge in [-0.05, 0) is 35.4 Å². The lowest BCUT2D eigenvalue weighted by atomic mass is 9.93. The van der Waals surface area contributed by atoms with Crippen molar-refractivity contribution in [3.63, 3.8) is 0 Å². The SMILES string of the molecule is COc1ccc([C@H]2CN(Cc3ccccc3)C[C@@H]2NC(=O)c2cccnc2)cc1OC. The summed E-state index contributed by atoms with van der Waals surface area (Å²) >= 11 is 0. The van der Waals surface area contributed by atoms with Gasteiger partial charge in [0.05, 0.1) is 19.8 Å². The Hall–Kier alpha value is -3.38. The molecule has 0 saturated carbocycles. The van der Waals surface area contributed by atoms with Gasteiger partial charge in [0.15, 0.2) is 11.5 Å². The Labute approximate surface area is 182 Å². The Kier molecular flexibility index (Phi) is 6.48. The number of hydrogen-bond acceptors (Lipinski definition) is 5. The molecule has 0 aliphatic carbocycles. The summed E-state index contributed by atoms with van der Waals surface area (Å²) in [5.74, 6) is 1.41. The fraction of sp³-hybridized carbons (Fsp3) is 0.280. The summed E-state index contributed by atoms with van der Waals surface area (Å²) in [5, 5.41) is 3.23. The molecule has 6 nitrogen and oxygen atoms in total. The first kappa shape index (κ1) is 20.9. The zero-order valence-electron chi connectivity index (χ0n) is 17.8. The zero-order valence-corrected chi connectivity index (χ0v) is 17.8. The number of carbonyl (C=O) groups is 1. The van der Waals surface area contributed by atoms with E-state index in [-0.39, 0.29) is 17.9 Å². The maximum atomic E-state index is 12.9. The molecule has 2 heterocycles. The molecule has 1 aliphatic rings. The standard InChI is InChI=1S/C25H27N3O3/c1-30-23-11-10-19(13-24(23)31-2)21-16-28(15-18-7-4-3-5-8-18)17-22(21)27-25(29)20-9-6-12-26-14-20/h3-14,21-22H,15-17H2,1-2H3,(H,27,29)/t21-,22+/m1/s1. The lowest BCUT2D eigenvalue weighted by Crippen LogP contribution is -2.39. The maximum Gasteiger partial charge on any atom is 0.253 e. The van der Waals surface area contributed by atoms with Crippen molar-refractivity contribution in [2.75, 3.05) is 27.3 Å². The van der Waals surface area contributed by atoms with Crippen molar-refractivity contribution in [1.29, 1.82) is 0 Å². The van der Waals surface area contributed by atoms with Crippen molar-refractivity contribution in [3.05, 3.63) is 89.7 Å². The molecule has 1 N–H and O–H groups in total. The number of rotatable bonds is 7. The van der Waals surface area contributed by atoms with E-state index in [1.807, 2.05) is 18.2 Å². The van der Waals surface area contributed by atoms with Gasteiger partial charge in [0.1, 0.15) is 0 Å². The van der Waals surface area contributed by atoms with Crippen molar-refractivity contribution in [3.8, 4) is 11.5 Å². The van der Waals surface area contributed by atoms with E-state index in [2.05, 4.69) is 45.5 Å². The number of hydrogen-bond donors (Lipinski definition) is 1. The van der Waals surface area contributed by atoms with Gasteiger partial charge in [-0.3, -0.25) is 14.7 Å². The average Bonchev–Trinajstić information content (AvgIpc) is 3.21. The summed E-state index contributed by atoms with van der Waals surface area (Å²) in [6.07, 6.45) is 3.26. The van der Waals surface area contributed by atoms with E-state index in [9.17, 15) is 4.79 Å². The van der Waals surface area contributed by atoms with Crippen LogP contribution in [0.2, 0.25) is 0 Å². The molecule has 3 aromatic rings. The smallest absolute Gasteiger partial charge is 0.253 e. The summed E-state index contributed by atoms with van der Waals surface area (Å²) in [7, 11) is 3.27. The first-order chi connectivity index (χ1) is 15.2. The van der Waals surface area contributed by atoms with Gasteiger partial charge in [-0.15, -0.1) is 0 Å². The highest BCUT2D eigenvalue weighted by Crippen LogP contribution is 2.35.